The molecule has 0 radical (unpaired) electrons. The van der Waals surface area contributed by atoms with Crippen molar-refractivity contribution in [2.24, 2.45) is 0 Å². The summed E-state index contributed by atoms with van der Waals surface area (Å²) >= 11 is 0. The zero-order valence-electron chi connectivity index (χ0n) is 17.9. The standard InChI is InChI=1S/C21H25N5O6/c1-14(20(28)22-13-17-4-3-11-32-17)23-21(29)16-5-6-18(19(12-16)26(30)31)25-9-7-24(8-10-25)15(2)27/h3-6,11-12,14H,7-10,13H2,1-2H3,(H,22,28)(H,23,29). The van der Waals surface area contributed by atoms with Crippen LogP contribution in [-0.4, -0.2) is 59.8 Å². The van der Waals surface area contributed by atoms with Crippen molar-refractivity contribution in [2.45, 2.75) is 26.4 Å². The molecule has 0 saturated carbocycles. The van der Waals surface area contributed by atoms with Crippen LogP contribution in [0.15, 0.2) is 41.0 Å². The minimum Gasteiger partial charge on any atom is -0.467 e. The van der Waals surface area contributed by atoms with Gasteiger partial charge in [-0.1, -0.05) is 0 Å². The second-order valence-corrected chi connectivity index (χ2v) is 7.45. The second kappa shape index (κ2) is 9.94. The van der Waals surface area contributed by atoms with Crippen LogP contribution in [0.3, 0.4) is 0 Å². The van der Waals surface area contributed by atoms with Crippen LogP contribution < -0.4 is 15.5 Å². The van der Waals surface area contributed by atoms with Crippen molar-refractivity contribution >= 4 is 29.1 Å². The first-order valence-corrected chi connectivity index (χ1v) is 10.2. The number of amides is 3. The number of hydrogen-bond acceptors (Lipinski definition) is 7. The molecule has 11 heteroatoms. The zero-order chi connectivity index (χ0) is 23.3. The number of anilines is 1. The zero-order valence-corrected chi connectivity index (χ0v) is 17.9. The van der Waals surface area contributed by atoms with Crippen LogP contribution in [0, 0.1) is 10.1 Å². The Kier molecular flexibility index (Phi) is 7.08. The third-order valence-corrected chi connectivity index (χ3v) is 5.26. The Morgan fingerprint density at radius 3 is 2.50 bits per heavy atom. The predicted molar refractivity (Wildman–Crippen MR) is 115 cm³/mol. The van der Waals surface area contributed by atoms with E-state index in [4.69, 9.17) is 4.42 Å². The van der Waals surface area contributed by atoms with Crippen molar-refractivity contribution in [1.29, 1.82) is 0 Å². The van der Waals surface area contributed by atoms with Gasteiger partial charge in [-0.15, -0.1) is 0 Å². The number of hydrogen-bond donors (Lipinski definition) is 2. The average Bonchev–Trinajstić information content (AvgIpc) is 3.30. The van der Waals surface area contributed by atoms with E-state index >= 15 is 0 Å². The van der Waals surface area contributed by atoms with Gasteiger partial charge in [0, 0.05) is 44.7 Å². The van der Waals surface area contributed by atoms with Crippen LogP contribution in [0.4, 0.5) is 11.4 Å². The normalized spacial score (nSPS) is 14.6. The fraction of sp³-hybridized carbons (Fsp3) is 0.381. The van der Waals surface area contributed by atoms with Gasteiger partial charge in [0.1, 0.15) is 17.5 Å². The molecule has 0 bridgehead atoms. The van der Waals surface area contributed by atoms with Crippen molar-refractivity contribution in [3.05, 3.63) is 58.0 Å². The van der Waals surface area contributed by atoms with Gasteiger partial charge >= 0.3 is 0 Å². The first kappa shape index (κ1) is 22.8. The lowest BCUT2D eigenvalue weighted by atomic mass is 10.1. The van der Waals surface area contributed by atoms with E-state index in [1.807, 2.05) is 4.90 Å². The lowest BCUT2D eigenvalue weighted by molar-refractivity contribution is -0.384. The molecular formula is C21H25N5O6. The molecule has 2 aromatic rings. The molecule has 3 amide bonds. The number of rotatable bonds is 7. The number of nitrogens with zero attached hydrogens (tertiary/aromatic N) is 3. The van der Waals surface area contributed by atoms with Gasteiger partial charge in [0.05, 0.1) is 17.7 Å². The summed E-state index contributed by atoms with van der Waals surface area (Å²) in [6.07, 6.45) is 1.49. The second-order valence-electron chi connectivity index (χ2n) is 7.45. The lowest BCUT2D eigenvalue weighted by Crippen LogP contribution is -2.48. The Bertz CT molecular complexity index is 998. The summed E-state index contributed by atoms with van der Waals surface area (Å²) in [4.78, 5) is 50.9. The van der Waals surface area contributed by atoms with E-state index in [1.54, 1.807) is 17.0 Å². The predicted octanol–water partition coefficient (Wildman–Crippen LogP) is 1.29. The quantitative estimate of drug-likeness (QED) is 0.486. The molecule has 1 aromatic carbocycles. The van der Waals surface area contributed by atoms with Crippen LogP contribution in [0.1, 0.15) is 30.0 Å². The fourth-order valence-corrected chi connectivity index (χ4v) is 3.43. The van der Waals surface area contributed by atoms with Gasteiger partial charge in [0.15, 0.2) is 0 Å². The summed E-state index contributed by atoms with van der Waals surface area (Å²) in [6.45, 7) is 5.05. The smallest absolute Gasteiger partial charge is 0.293 e. The Balaban J connectivity index is 1.65. The van der Waals surface area contributed by atoms with Gasteiger partial charge in [-0.25, -0.2) is 0 Å². The Morgan fingerprint density at radius 1 is 1.19 bits per heavy atom. The van der Waals surface area contributed by atoms with E-state index < -0.39 is 22.8 Å². The number of furan rings is 1. The SMILES string of the molecule is CC(=O)N1CCN(c2ccc(C(=O)NC(C)C(=O)NCc3ccco3)cc2[N+](=O)[O-])CC1. The molecule has 0 spiro atoms. The summed E-state index contributed by atoms with van der Waals surface area (Å²) in [5.74, 6) is -0.466. The molecule has 32 heavy (non-hydrogen) atoms. The van der Waals surface area contributed by atoms with E-state index in [-0.39, 0.29) is 23.7 Å². The minimum atomic E-state index is -0.851. The number of nitro benzene ring substituents is 1. The number of piperazine rings is 1. The summed E-state index contributed by atoms with van der Waals surface area (Å²) in [5, 5.41) is 16.8. The van der Waals surface area contributed by atoms with Crippen LogP contribution in [0.2, 0.25) is 0 Å². The first-order valence-electron chi connectivity index (χ1n) is 10.2. The third-order valence-electron chi connectivity index (χ3n) is 5.26. The van der Waals surface area contributed by atoms with Crippen LogP contribution >= 0.6 is 0 Å². The van der Waals surface area contributed by atoms with Crippen LogP contribution in [0.25, 0.3) is 0 Å². The topological polar surface area (TPSA) is 138 Å². The van der Waals surface area contributed by atoms with Gasteiger partial charge in [-0.3, -0.25) is 24.5 Å². The Morgan fingerprint density at radius 2 is 1.91 bits per heavy atom. The first-order chi connectivity index (χ1) is 15.3. The van der Waals surface area contributed by atoms with Crippen molar-refractivity contribution in [3.63, 3.8) is 0 Å². The molecule has 1 unspecified atom stereocenters. The highest BCUT2D eigenvalue weighted by molar-refractivity contribution is 5.98. The molecule has 2 N–H and O–H groups in total. The highest BCUT2D eigenvalue weighted by Gasteiger charge is 2.26. The highest BCUT2D eigenvalue weighted by Crippen LogP contribution is 2.30. The maximum atomic E-state index is 12.6. The highest BCUT2D eigenvalue weighted by atomic mass is 16.6. The molecule has 1 fully saturated rings. The van der Waals surface area contributed by atoms with Crippen molar-refractivity contribution < 1.29 is 23.7 Å². The van der Waals surface area contributed by atoms with Crippen molar-refractivity contribution in [2.75, 3.05) is 31.1 Å². The monoisotopic (exact) mass is 443 g/mol. The van der Waals surface area contributed by atoms with Gasteiger partial charge in [-0.2, -0.15) is 0 Å². The van der Waals surface area contributed by atoms with Gasteiger partial charge < -0.3 is 24.9 Å². The van der Waals surface area contributed by atoms with E-state index in [1.165, 1.54) is 38.3 Å². The maximum Gasteiger partial charge on any atom is 0.293 e. The lowest BCUT2D eigenvalue weighted by Gasteiger charge is -2.35. The molecule has 170 valence electrons. The number of carbonyl (C=O) groups is 3. The largest absolute Gasteiger partial charge is 0.467 e. The third kappa shape index (κ3) is 5.42. The number of carbonyl (C=O) groups excluding carboxylic acids is 3. The molecule has 1 aromatic heterocycles. The molecule has 0 aliphatic carbocycles. The summed E-state index contributed by atoms with van der Waals surface area (Å²) in [6, 6.07) is 6.78. The van der Waals surface area contributed by atoms with E-state index in [0.717, 1.165) is 0 Å². The number of nitro groups is 1. The van der Waals surface area contributed by atoms with Crippen molar-refractivity contribution in [3.8, 4) is 0 Å². The van der Waals surface area contributed by atoms with Crippen LogP contribution in [-0.2, 0) is 16.1 Å². The van der Waals surface area contributed by atoms with Gasteiger partial charge in [0.2, 0.25) is 11.8 Å². The molecular weight excluding hydrogens is 418 g/mol. The molecule has 1 saturated heterocycles. The van der Waals surface area contributed by atoms with E-state index in [0.29, 0.717) is 37.6 Å². The number of nitrogens with one attached hydrogen (secondary N) is 2. The summed E-state index contributed by atoms with van der Waals surface area (Å²) in [5.41, 5.74) is 0.261. The van der Waals surface area contributed by atoms with Crippen LogP contribution in [0.5, 0.6) is 0 Å². The van der Waals surface area contributed by atoms with Gasteiger partial charge in [-0.05, 0) is 31.2 Å². The molecule has 1 aliphatic rings. The molecule has 3 rings (SSSR count). The van der Waals surface area contributed by atoms with E-state index in [2.05, 4.69) is 10.6 Å². The molecule has 2 heterocycles. The van der Waals surface area contributed by atoms with E-state index in [9.17, 15) is 24.5 Å². The van der Waals surface area contributed by atoms with Crippen molar-refractivity contribution in [1.82, 2.24) is 15.5 Å². The number of benzene rings is 1. The minimum absolute atomic E-state index is 0.0338. The molecule has 1 atom stereocenters. The summed E-state index contributed by atoms with van der Waals surface area (Å²) < 4.78 is 5.14. The average molecular weight is 443 g/mol. The fourth-order valence-electron chi connectivity index (χ4n) is 3.43. The Labute approximate surface area is 184 Å². The molecule has 11 nitrogen and oxygen atoms in total. The summed E-state index contributed by atoms with van der Waals surface area (Å²) in [7, 11) is 0. The van der Waals surface area contributed by atoms with Gasteiger partial charge in [0.25, 0.3) is 11.6 Å². The maximum absolute atomic E-state index is 12.6. The Hall–Kier alpha value is -3.89. The molecule has 1 aliphatic heterocycles.